The van der Waals surface area contributed by atoms with E-state index in [1.807, 2.05) is 0 Å². The van der Waals surface area contributed by atoms with E-state index in [2.05, 4.69) is 38.8 Å². The molecular formula is C20H36N2O6SSi. The first kappa shape index (κ1) is 26.5. The van der Waals surface area contributed by atoms with Gasteiger partial charge in [0.1, 0.15) is 5.60 Å². The van der Waals surface area contributed by atoms with Gasteiger partial charge in [-0.25, -0.2) is 14.6 Å². The Morgan fingerprint density at radius 1 is 1.17 bits per heavy atom. The minimum atomic E-state index is -1.98. The Hall–Kier alpha value is -1.49. The standard InChI is InChI=1S/C20H36N2O6SSi/c1-19(2,3)28-18(24)22(17-21-15(13-29-17)16(23)26-8)11-14(25-7)12-27-30(9,10)20(4,5)6/h13-14H,11-12H2,1-10H3. The molecule has 0 aromatic carbocycles. The molecule has 0 saturated carbocycles. The second kappa shape index (κ2) is 10.2. The van der Waals surface area contributed by atoms with Crippen LogP contribution in [0.2, 0.25) is 18.1 Å². The van der Waals surface area contributed by atoms with E-state index in [1.165, 1.54) is 12.0 Å². The van der Waals surface area contributed by atoms with Crippen molar-refractivity contribution in [1.82, 2.24) is 4.98 Å². The normalized spacial score (nSPS) is 13.7. The number of hydrogen-bond acceptors (Lipinski definition) is 8. The molecule has 30 heavy (non-hydrogen) atoms. The number of rotatable bonds is 8. The molecule has 172 valence electrons. The third kappa shape index (κ3) is 7.64. The van der Waals surface area contributed by atoms with Gasteiger partial charge in [0.2, 0.25) is 0 Å². The summed E-state index contributed by atoms with van der Waals surface area (Å²) in [6.45, 7) is 16.7. The van der Waals surface area contributed by atoms with Gasteiger partial charge in [0.05, 0.1) is 26.4 Å². The molecule has 0 saturated heterocycles. The van der Waals surface area contributed by atoms with Crippen LogP contribution in [0.25, 0.3) is 0 Å². The maximum absolute atomic E-state index is 12.9. The number of nitrogens with zero attached hydrogens (tertiary/aromatic N) is 2. The number of hydrogen-bond donors (Lipinski definition) is 0. The van der Waals surface area contributed by atoms with Crippen molar-refractivity contribution in [2.45, 2.75) is 71.4 Å². The predicted molar refractivity (Wildman–Crippen MR) is 121 cm³/mol. The smallest absolute Gasteiger partial charge is 0.416 e. The van der Waals surface area contributed by atoms with E-state index in [1.54, 1.807) is 33.3 Å². The molecule has 0 aliphatic rings. The highest BCUT2D eigenvalue weighted by Crippen LogP contribution is 2.36. The second-order valence-electron chi connectivity index (χ2n) is 9.53. The molecule has 1 atom stereocenters. The van der Waals surface area contributed by atoms with Crippen molar-refractivity contribution < 1.29 is 28.2 Å². The van der Waals surface area contributed by atoms with Crippen LogP contribution < -0.4 is 4.90 Å². The largest absolute Gasteiger partial charge is 0.464 e. The Labute approximate surface area is 185 Å². The number of ether oxygens (including phenoxy) is 3. The summed E-state index contributed by atoms with van der Waals surface area (Å²) in [6.07, 6.45) is -0.959. The zero-order chi connectivity index (χ0) is 23.3. The van der Waals surface area contributed by atoms with E-state index in [4.69, 9.17) is 18.6 Å². The lowest BCUT2D eigenvalue weighted by Gasteiger charge is -2.37. The highest BCUT2D eigenvalue weighted by Gasteiger charge is 2.38. The van der Waals surface area contributed by atoms with Crippen molar-refractivity contribution in [3.05, 3.63) is 11.1 Å². The molecule has 0 fully saturated rings. The van der Waals surface area contributed by atoms with Crippen LogP contribution in [0.5, 0.6) is 0 Å². The number of esters is 1. The summed E-state index contributed by atoms with van der Waals surface area (Å²) >= 11 is 1.16. The molecule has 1 aromatic heterocycles. The number of amides is 1. The molecule has 8 nitrogen and oxygen atoms in total. The molecule has 1 amide bonds. The van der Waals surface area contributed by atoms with Gasteiger partial charge >= 0.3 is 12.1 Å². The number of carbonyl (C=O) groups excluding carboxylic acids is 2. The van der Waals surface area contributed by atoms with Crippen molar-refractivity contribution >= 4 is 36.8 Å². The number of carbonyl (C=O) groups is 2. The van der Waals surface area contributed by atoms with Crippen LogP contribution in [0.3, 0.4) is 0 Å². The van der Waals surface area contributed by atoms with E-state index < -0.39 is 32.1 Å². The van der Waals surface area contributed by atoms with Gasteiger partial charge in [-0.1, -0.05) is 20.8 Å². The Balaban J connectivity index is 3.07. The summed E-state index contributed by atoms with van der Waals surface area (Å²) in [5.74, 6) is -0.564. The van der Waals surface area contributed by atoms with E-state index in [9.17, 15) is 9.59 Å². The van der Waals surface area contributed by atoms with Crippen molar-refractivity contribution in [3.8, 4) is 0 Å². The number of anilines is 1. The third-order valence-corrected chi connectivity index (χ3v) is 10.3. The maximum atomic E-state index is 12.9. The first-order chi connectivity index (χ1) is 13.6. The summed E-state index contributed by atoms with van der Waals surface area (Å²) in [5, 5.41) is 1.94. The van der Waals surface area contributed by atoms with Crippen molar-refractivity contribution in [3.63, 3.8) is 0 Å². The molecule has 1 heterocycles. The Morgan fingerprint density at radius 3 is 2.23 bits per heavy atom. The monoisotopic (exact) mass is 460 g/mol. The van der Waals surface area contributed by atoms with E-state index >= 15 is 0 Å². The predicted octanol–water partition coefficient (Wildman–Crippen LogP) is 4.71. The summed E-state index contributed by atoms with van der Waals surface area (Å²) in [4.78, 5) is 30.3. The van der Waals surface area contributed by atoms with E-state index in [0.717, 1.165) is 11.3 Å². The molecule has 0 bridgehead atoms. The molecular weight excluding hydrogens is 424 g/mol. The van der Waals surface area contributed by atoms with Crippen LogP contribution in [0.15, 0.2) is 5.38 Å². The van der Waals surface area contributed by atoms with Crippen LogP contribution in [-0.4, -0.2) is 64.4 Å². The zero-order valence-electron chi connectivity index (χ0n) is 19.8. The maximum Gasteiger partial charge on any atom is 0.416 e. The highest BCUT2D eigenvalue weighted by molar-refractivity contribution is 7.14. The van der Waals surface area contributed by atoms with Crippen LogP contribution in [-0.2, 0) is 18.6 Å². The Bertz CT molecular complexity index is 724. The van der Waals surface area contributed by atoms with Gasteiger partial charge in [-0.15, -0.1) is 11.3 Å². The molecule has 1 unspecified atom stereocenters. The fourth-order valence-electron chi connectivity index (χ4n) is 2.05. The highest BCUT2D eigenvalue weighted by atomic mass is 32.1. The van der Waals surface area contributed by atoms with E-state index in [0.29, 0.717) is 11.7 Å². The summed E-state index contributed by atoms with van der Waals surface area (Å²) in [6, 6.07) is 0. The summed E-state index contributed by atoms with van der Waals surface area (Å²) in [7, 11) is 0.878. The third-order valence-electron chi connectivity index (χ3n) is 4.89. The number of methoxy groups -OCH3 is 2. The Kier molecular flexibility index (Phi) is 9.03. The van der Waals surface area contributed by atoms with Crippen LogP contribution >= 0.6 is 11.3 Å². The molecule has 10 heteroatoms. The second-order valence-corrected chi connectivity index (χ2v) is 15.2. The lowest BCUT2D eigenvalue weighted by atomic mass is 10.2. The lowest BCUT2D eigenvalue weighted by molar-refractivity contribution is 0.0425. The van der Waals surface area contributed by atoms with E-state index in [-0.39, 0.29) is 17.3 Å². The first-order valence-corrected chi connectivity index (χ1v) is 13.6. The molecule has 1 aromatic rings. The van der Waals surface area contributed by atoms with Gasteiger partial charge in [0.15, 0.2) is 19.1 Å². The quantitative estimate of drug-likeness (QED) is 0.410. The van der Waals surface area contributed by atoms with Gasteiger partial charge in [-0.05, 0) is 38.9 Å². The molecule has 0 aliphatic carbocycles. The van der Waals surface area contributed by atoms with Gasteiger partial charge in [-0.2, -0.15) is 0 Å². The first-order valence-electron chi connectivity index (χ1n) is 9.82. The Morgan fingerprint density at radius 2 is 1.77 bits per heavy atom. The average Bonchev–Trinajstić information content (AvgIpc) is 3.08. The molecule has 0 N–H and O–H groups in total. The lowest BCUT2D eigenvalue weighted by Crippen LogP contribution is -2.46. The minimum Gasteiger partial charge on any atom is -0.464 e. The average molecular weight is 461 g/mol. The van der Waals surface area contributed by atoms with Crippen molar-refractivity contribution in [1.29, 1.82) is 0 Å². The van der Waals surface area contributed by atoms with Gasteiger partial charge in [0.25, 0.3) is 0 Å². The van der Waals surface area contributed by atoms with Gasteiger partial charge in [0, 0.05) is 12.5 Å². The molecule has 1 rings (SSSR count). The van der Waals surface area contributed by atoms with Gasteiger partial charge < -0.3 is 18.6 Å². The molecule has 0 spiro atoms. The fraction of sp³-hybridized carbons (Fsp3) is 0.750. The van der Waals surface area contributed by atoms with Crippen LogP contribution in [0, 0.1) is 0 Å². The SMILES string of the molecule is COC(=O)c1csc(N(CC(CO[Si](C)(C)C(C)(C)C)OC)C(=O)OC(C)(C)C)n1. The number of thiazole rings is 1. The summed E-state index contributed by atoms with van der Waals surface area (Å²) in [5.41, 5.74) is -0.546. The molecule has 0 aliphatic heterocycles. The molecule has 0 radical (unpaired) electrons. The van der Waals surface area contributed by atoms with Gasteiger partial charge in [-0.3, -0.25) is 4.90 Å². The summed E-state index contributed by atoms with van der Waals surface area (Å²) < 4.78 is 22.1. The van der Waals surface area contributed by atoms with Crippen molar-refractivity contribution in [2.75, 3.05) is 32.3 Å². The van der Waals surface area contributed by atoms with Crippen LogP contribution in [0.1, 0.15) is 52.0 Å². The topological polar surface area (TPSA) is 87.2 Å². The number of aromatic nitrogens is 1. The van der Waals surface area contributed by atoms with Crippen LogP contribution in [0.4, 0.5) is 9.93 Å². The fourth-order valence-corrected chi connectivity index (χ4v) is 3.88. The van der Waals surface area contributed by atoms with Crippen molar-refractivity contribution in [2.24, 2.45) is 0 Å². The minimum absolute atomic E-state index is 0.0564. The zero-order valence-corrected chi connectivity index (χ0v) is 21.6.